The third-order valence-corrected chi connectivity index (χ3v) is 2.78. The lowest BCUT2D eigenvalue weighted by Gasteiger charge is -2.10. The topological polar surface area (TPSA) is 92.9 Å². The molecular weight excluding hydrogens is 254 g/mol. The molecule has 20 heavy (non-hydrogen) atoms. The normalized spacial score (nSPS) is 10.8. The monoisotopic (exact) mass is 273 g/mol. The minimum atomic E-state index is -0.0547. The molecule has 1 aromatic heterocycles. The molecule has 2 aromatic rings. The zero-order valence-corrected chi connectivity index (χ0v) is 11.7. The van der Waals surface area contributed by atoms with Crippen LogP contribution in [0.2, 0.25) is 0 Å². The number of hydrogen-bond donors (Lipinski definition) is 3. The molecule has 1 heterocycles. The van der Waals surface area contributed by atoms with Crippen LogP contribution in [0.15, 0.2) is 24.5 Å². The van der Waals surface area contributed by atoms with Gasteiger partial charge in [-0.1, -0.05) is 13.8 Å². The van der Waals surface area contributed by atoms with Gasteiger partial charge in [-0.05, 0) is 24.1 Å². The Morgan fingerprint density at radius 3 is 2.90 bits per heavy atom. The van der Waals surface area contributed by atoms with E-state index in [1.54, 1.807) is 12.1 Å². The van der Waals surface area contributed by atoms with Gasteiger partial charge in [0, 0.05) is 17.6 Å². The summed E-state index contributed by atoms with van der Waals surface area (Å²) < 4.78 is 0. The standard InChI is InChI=1S/C14H19N5O/c1-9(2)6-16-13(20)7-17-14-11-4-3-10(15)5-12(11)18-8-19-14/h3-5,8-9H,6-7,15H2,1-2H3,(H,16,20)(H,17,18,19). The lowest BCUT2D eigenvalue weighted by atomic mass is 10.2. The van der Waals surface area contributed by atoms with E-state index in [1.807, 2.05) is 6.07 Å². The molecule has 1 amide bonds. The maximum atomic E-state index is 11.7. The van der Waals surface area contributed by atoms with E-state index in [2.05, 4.69) is 34.4 Å². The van der Waals surface area contributed by atoms with Crippen LogP contribution in [0, 0.1) is 5.92 Å². The molecule has 0 unspecified atom stereocenters. The zero-order chi connectivity index (χ0) is 14.5. The van der Waals surface area contributed by atoms with Crippen molar-refractivity contribution in [1.82, 2.24) is 15.3 Å². The molecule has 0 bridgehead atoms. The van der Waals surface area contributed by atoms with Crippen LogP contribution in [0.1, 0.15) is 13.8 Å². The van der Waals surface area contributed by atoms with Gasteiger partial charge in [0.15, 0.2) is 0 Å². The number of nitrogens with two attached hydrogens (primary N) is 1. The molecule has 2 rings (SSSR count). The van der Waals surface area contributed by atoms with Crippen LogP contribution in [0.3, 0.4) is 0 Å². The van der Waals surface area contributed by atoms with Crippen molar-refractivity contribution in [3.63, 3.8) is 0 Å². The molecule has 6 heteroatoms. The lowest BCUT2D eigenvalue weighted by molar-refractivity contribution is -0.119. The average molecular weight is 273 g/mol. The fourth-order valence-electron chi connectivity index (χ4n) is 1.76. The fraction of sp³-hybridized carbons (Fsp3) is 0.357. The van der Waals surface area contributed by atoms with E-state index in [9.17, 15) is 4.79 Å². The average Bonchev–Trinajstić information content (AvgIpc) is 2.42. The van der Waals surface area contributed by atoms with Crippen molar-refractivity contribution in [2.24, 2.45) is 5.92 Å². The number of nitrogens with one attached hydrogen (secondary N) is 2. The van der Waals surface area contributed by atoms with Gasteiger partial charge < -0.3 is 16.4 Å². The number of carbonyl (C=O) groups is 1. The highest BCUT2D eigenvalue weighted by Crippen LogP contribution is 2.20. The predicted octanol–water partition coefficient (Wildman–Crippen LogP) is 1.40. The first-order valence-electron chi connectivity index (χ1n) is 6.57. The van der Waals surface area contributed by atoms with Crippen LogP contribution in [-0.4, -0.2) is 29.0 Å². The van der Waals surface area contributed by atoms with Gasteiger partial charge in [0.2, 0.25) is 5.91 Å². The Labute approximate surface area is 117 Å². The largest absolute Gasteiger partial charge is 0.399 e. The lowest BCUT2D eigenvalue weighted by Crippen LogP contribution is -2.32. The quantitative estimate of drug-likeness (QED) is 0.716. The van der Waals surface area contributed by atoms with Gasteiger partial charge in [-0.15, -0.1) is 0 Å². The maximum absolute atomic E-state index is 11.7. The summed E-state index contributed by atoms with van der Waals surface area (Å²) in [4.78, 5) is 20.0. The number of rotatable bonds is 5. The summed E-state index contributed by atoms with van der Waals surface area (Å²) in [5, 5.41) is 6.72. The number of aromatic nitrogens is 2. The van der Waals surface area contributed by atoms with Crippen LogP contribution in [0.25, 0.3) is 10.9 Å². The molecule has 0 fully saturated rings. The van der Waals surface area contributed by atoms with Crippen LogP contribution < -0.4 is 16.4 Å². The number of anilines is 2. The van der Waals surface area contributed by atoms with Crippen molar-refractivity contribution in [3.05, 3.63) is 24.5 Å². The summed E-state index contributed by atoms with van der Waals surface area (Å²) in [7, 11) is 0. The Kier molecular flexibility index (Phi) is 4.34. The summed E-state index contributed by atoms with van der Waals surface area (Å²) in [5.41, 5.74) is 7.12. The van der Waals surface area contributed by atoms with Crippen molar-refractivity contribution in [2.75, 3.05) is 24.1 Å². The second-order valence-corrected chi connectivity index (χ2v) is 5.05. The highest BCUT2D eigenvalue weighted by molar-refractivity contribution is 5.92. The van der Waals surface area contributed by atoms with Gasteiger partial charge >= 0.3 is 0 Å². The summed E-state index contributed by atoms with van der Waals surface area (Å²) in [5.74, 6) is 1.01. The Hall–Kier alpha value is -2.37. The van der Waals surface area contributed by atoms with Gasteiger partial charge in [0.25, 0.3) is 0 Å². The van der Waals surface area contributed by atoms with E-state index in [0.717, 1.165) is 10.9 Å². The number of nitrogens with zero attached hydrogens (tertiary/aromatic N) is 2. The summed E-state index contributed by atoms with van der Waals surface area (Å²) in [6.45, 7) is 4.96. The van der Waals surface area contributed by atoms with Crippen LogP contribution in [-0.2, 0) is 4.79 Å². The van der Waals surface area contributed by atoms with E-state index in [1.165, 1.54) is 6.33 Å². The molecule has 0 radical (unpaired) electrons. The number of nitrogen functional groups attached to an aromatic ring is 1. The highest BCUT2D eigenvalue weighted by atomic mass is 16.1. The summed E-state index contributed by atoms with van der Waals surface area (Å²) in [6.07, 6.45) is 1.45. The number of fused-ring (bicyclic) bond motifs is 1. The number of amides is 1. The van der Waals surface area contributed by atoms with Crippen molar-refractivity contribution < 1.29 is 4.79 Å². The Bertz CT molecular complexity index is 612. The minimum Gasteiger partial charge on any atom is -0.399 e. The van der Waals surface area contributed by atoms with Gasteiger partial charge in [0.05, 0.1) is 12.1 Å². The SMILES string of the molecule is CC(C)CNC(=O)CNc1ncnc2cc(N)ccc12. The first-order valence-corrected chi connectivity index (χ1v) is 6.57. The molecule has 0 aliphatic heterocycles. The molecular formula is C14H19N5O. The Morgan fingerprint density at radius 2 is 2.15 bits per heavy atom. The number of hydrogen-bond acceptors (Lipinski definition) is 5. The molecule has 6 nitrogen and oxygen atoms in total. The first-order chi connectivity index (χ1) is 9.56. The van der Waals surface area contributed by atoms with E-state index < -0.39 is 0 Å². The smallest absolute Gasteiger partial charge is 0.239 e. The highest BCUT2D eigenvalue weighted by Gasteiger charge is 2.06. The Balaban J connectivity index is 2.05. The van der Waals surface area contributed by atoms with Crippen molar-refractivity contribution in [1.29, 1.82) is 0 Å². The van der Waals surface area contributed by atoms with Gasteiger partial charge in [-0.2, -0.15) is 0 Å². The molecule has 106 valence electrons. The van der Waals surface area contributed by atoms with Crippen LogP contribution in [0.4, 0.5) is 11.5 Å². The molecule has 4 N–H and O–H groups in total. The fourth-order valence-corrected chi connectivity index (χ4v) is 1.76. The molecule has 0 saturated heterocycles. The zero-order valence-electron chi connectivity index (χ0n) is 11.7. The Morgan fingerprint density at radius 1 is 1.35 bits per heavy atom. The van der Waals surface area contributed by atoms with Crippen LogP contribution in [0.5, 0.6) is 0 Å². The molecule has 0 aliphatic carbocycles. The predicted molar refractivity (Wildman–Crippen MR) is 80.3 cm³/mol. The summed E-state index contributed by atoms with van der Waals surface area (Å²) >= 11 is 0. The third-order valence-electron chi connectivity index (χ3n) is 2.78. The molecule has 0 atom stereocenters. The molecule has 0 aliphatic rings. The molecule has 1 aromatic carbocycles. The van der Waals surface area contributed by atoms with E-state index in [-0.39, 0.29) is 12.5 Å². The maximum Gasteiger partial charge on any atom is 0.239 e. The van der Waals surface area contributed by atoms with Crippen molar-refractivity contribution in [2.45, 2.75) is 13.8 Å². The van der Waals surface area contributed by atoms with Crippen LogP contribution >= 0.6 is 0 Å². The first kappa shape index (κ1) is 14.0. The van der Waals surface area contributed by atoms with E-state index in [4.69, 9.17) is 5.73 Å². The minimum absolute atomic E-state index is 0.0547. The second-order valence-electron chi connectivity index (χ2n) is 5.05. The molecule has 0 spiro atoms. The van der Waals surface area contributed by atoms with E-state index >= 15 is 0 Å². The second kappa shape index (κ2) is 6.18. The summed E-state index contributed by atoms with van der Waals surface area (Å²) in [6, 6.07) is 5.41. The number of benzene rings is 1. The molecule has 0 saturated carbocycles. The van der Waals surface area contributed by atoms with Crippen molar-refractivity contribution in [3.8, 4) is 0 Å². The van der Waals surface area contributed by atoms with Crippen molar-refractivity contribution >= 4 is 28.3 Å². The van der Waals surface area contributed by atoms with Gasteiger partial charge in [-0.3, -0.25) is 4.79 Å². The van der Waals surface area contributed by atoms with E-state index in [0.29, 0.717) is 24.0 Å². The third kappa shape index (κ3) is 3.57. The van der Waals surface area contributed by atoms with Gasteiger partial charge in [-0.25, -0.2) is 9.97 Å². The number of carbonyl (C=O) groups excluding carboxylic acids is 1. The van der Waals surface area contributed by atoms with Gasteiger partial charge in [0.1, 0.15) is 12.1 Å².